The maximum absolute atomic E-state index is 13.8. The van der Waals surface area contributed by atoms with E-state index in [1.807, 2.05) is 0 Å². The Morgan fingerprint density at radius 1 is 1.31 bits per heavy atom. The molecule has 1 aliphatic rings. The highest BCUT2D eigenvalue weighted by Gasteiger charge is 2.37. The van der Waals surface area contributed by atoms with Crippen molar-refractivity contribution in [3.05, 3.63) is 59.5 Å². The molecule has 0 bridgehead atoms. The summed E-state index contributed by atoms with van der Waals surface area (Å²) in [6, 6.07) is 8.66. The van der Waals surface area contributed by atoms with Gasteiger partial charge in [-0.3, -0.25) is 0 Å². The van der Waals surface area contributed by atoms with Gasteiger partial charge in [0.25, 0.3) is 0 Å². The van der Waals surface area contributed by atoms with Crippen LogP contribution >= 0.6 is 0 Å². The van der Waals surface area contributed by atoms with E-state index in [0.717, 1.165) is 0 Å². The van der Waals surface area contributed by atoms with E-state index >= 15 is 0 Å². The first kappa shape index (κ1) is 18.8. The molecule has 0 radical (unpaired) electrons. The van der Waals surface area contributed by atoms with Crippen molar-refractivity contribution < 1.29 is 22.7 Å². The SMILES string of the molecule is COc1ccc([C@@H](NS(=O)(=O)Cc2ccccc2F)C2CC(O)C2)cn1. The summed E-state index contributed by atoms with van der Waals surface area (Å²) in [6.45, 7) is 0. The molecule has 1 atom stereocenters. The molecule has 0 unspecified atom stereocenters. The van der Waals surface area contributed by atoms with Crippen molar-refractivity contribution in [2.75, 3.05) is 7.11 Å². The molecule has 1 fully saturated rings. The Morgan fingerprint density at radius 3 is 2.62 bits per heavy atom. The van der Waals surface area contributed by atoms with Gasteiger partial charge in [0.05, 0.1) is 25.0 Å². The summed E-state index contributed by atoms with van der Waals surface area (Å²) in [4.78, 5) is 4.13. The summed E-state index contributed by atoms with van der Waals surface area (Å²) >= 11 is 0. The molecule has 140 valence electrons. The summed E-state index contributed by atoms with van der Waals surface area (Å²) in [6.07, 6.45) is 2.13. The molecular formula is C18H21FN2O4S. The van der Waals surface area contributed by atoms with Crippen molar-refractivity contribution in [2.45, 2.75) is 30.7 Å². The molecular weight excluding hydrogens is 359 g/mol. The summed E-state index contributed by atoms with van der Waals surface area (Å²) in [5.74, 6) is -0.625. The topological polar surface area (TPSA) is 88.5 Å². The highest BCUT2D eigenvalue weighted by molar-refractivity contribution is 7.88. The van der Waals surface area contributed by atoms with E-state index in [2.05, 4.69) is 9.71 Å². The van der Waals surface area contributed by atoms with Gasteiger partial charge in [0.1, 0.15) is 5.82 Å². The van der Waals surface area contributed by atoms with Crippen molar-refractivity contribution >= 4 is 10.0 Å². The fraction of sp³-hybridized carbons (Fsp3) is 0.389. The van der Waals surface area contributed by atoms with Gasteiger partial charge in [-0.05, 0) is 30.4 Å². The zero-order chi connectivity index (χ0) is 18.7. The number of sulfonamides is 1. The number of ether oxygens (including phenoxy) is 1. The van der Waals surface area contributed by atoms with E-state index in [1.165, 1.54) is 25.3 Å². The highest BCUT2D eigenvalue weighted by atomic mass is 32.2. The van der Waals surface area contributed by atoms with E-state index in [1.54, 1.807) is 24.4 Å². The molecule has 2 aromatic rings. The van der Waals surface area contributed by atoms with Crippen molar-refractivity contribution in [1.82, 2.24) is 9.71 Å². The maximum atomic E-state index is 13.8. The number of aliphatic hydroxyl groups is 1. The fourth-order valence-corrected chi connectivity index (χ4v) is 4.53. The standard InChI is InChI=1S/C18H21FN2O4S/c1-25-17-7-6-12(10-20-17)18(14-8-15(22)9-14)21-26(23,24)11-13-4-2-3-5-16(13)19/h2-7,10,14-15,18,21-22H,8-9,11H2,1H3/t14?,15?,18-/m1/s1. The minimum absolute atomic E-state index is 0.0457. The molecule has 2 N–H and O–H groups in total. The Hall–Kier alpha value is -2.03. The molecule has 1 saturated carbocycles. The minimum Gasteiger partial charge on any atom is -0.481 e. The van der Waals surface area contributed by atoms with E-state index in [0.29, 0.717) is 24.3 Å². The summed E-state index contributed by atoms with van der Waals surface area (Å²) < 4.78 is 46.7. The van der Waals surface area contributed by atoms with Gasteiger partial charge in [-0.1, -0.05) is 24.3 Å². The molecule has 3 rings (SSSR count). The van der Waals surface area contributed by atoms with Crippen molar-refractivity contribution in [3.63, 3.8) is 0 Å². The van der Waals surface area contributed by atoms with Crippen LogP contribution < -0.4 is 9.46 Å². The molecule has 8 heteroatoms. The lowest BCUT2D eigenvalue weighted by atomic mass is 9.76. The van der Waals surface area contributed by atoms with Crippen LogP contribution in [0.4, 0.5) is 4.39 Å². The number of rotatable bonds is 7. The zero-order valence-corrected chi connectivity index (χ0v) is 15.1. The van der Waals surface area contributed by atoms with Gasteiger partial charge in [0, 0.05) is 17.8 Å². The third-order valence-corrected chi connectivity index (χ3v) is 5.86. The third kappa shape index (κ3) is 4.38. The molecule has 0 amide bonds. The third-order valence-electron chi connectivity index (χ3n) is 4.56. The minimum atomic E-state index is -3.79. The largest absolute Gasteiger partial charge is 0.481 e. The maximum Gasteiger partial charge on any atom is 0.216 e. The van der Waals surface area contributed by atoms with E-state index in [-0.39, 0.29) is 11.5 Å². The second-order valence-electron chi connectivity index (χ2n) is 6.47. The van der Waals surface area contributed by atoms with Crippen LogP contribution in [0, 0.1) is 11.7 Å². The van der Waals surface area contributed by atoms with Gasteiger partial charge >= 0.3 is 0 Å². The average molecular weight is 380 g/mol. The number of hydrogen-bond acceptors (Lipinski definition) is 5. The second-order valence-corrected chi connectivity index (χ2v) is 8.22. The lowest BCUT2D eigenvalue weighted by Crippen LogP contribution is -2.41. The summed E-state index contributed by atoms with van der Waals surface area (Å²) in [5, 5.41) is 9.60. The summed E-state index contributed by atoms with van der Waals surface area (Å²) in [5.41, 5.74) is 0.792. The Labute approximate surface area is 152 Å². The van der Waals surface area contributed by atoms with Crippen LogP contribution in [0.15, 0.2) is 42.6 Å². The number of nitrogens with zero attached hydrogens (tertiary/aromatic N) is 1. The van der Waals surface area contributed by atoms with Crippen LogP contribution in [0.5, 0.6) is 5.88 Å². The second kappa shape index (κ2) is 7.69. The van der Waals surface area contributed by atoms with Crippen LogP contribution in [-0.2, 0) is 15.8 Å². The Morgan fingerprint density at radius 2 is 2.04 bits per heavy atom. The van der Waals surface area contributed by atoms with Gasteiger partial charge in [-0.15, -0.1) is 0 Å². The first-order chi connectivity index (χ1) is 12.4. The number of halogens is 1. The first-order valence-corrected chi connectivity index (χ1v) is 9.94. The monoisotopic (exact) mass is 380 g/mol. The van der Waals surface area contributed by atoms with E-state index in [9.17, 15) is 17.9 Å². The normalized spacial score (nSPS) is 21.0. The van der Waals surface area contributed by atoms with Gasteiger partial charge in [0.15, 0.2) is 0 Å². The van der Waals surface area contributed by atoms with Crippen molar-refractivity contribution in [2.24, 2.45) is 5.92 Å². The number of benzene rings is 1. The van der Waals surface area contributed by atoms with E-state index in [4.69, 9.17) is 4.74 Å². The van der Waals surface area contributed by atoms with Gasteiger partial charge in [0.2, 0.25) is 15.9 Å². The van der Waals surface area contributed by atoms with Crippen LogP contribution in [0.2, 0.25) is 0 Å². The van der Waals surface area contributed by atoms with Crippen LogP contribution in [0.25, 0.3) is 0 Å². The molecule has 1 heterocycles. The number of methoxy groups -OCH3 is 1. The molecule has 6 nitrogen and oxygen atoms in total. The molecule has 1 aromatic heterocycles. The van der Waals surface area contributed by atoms with Gasteiger partial charge < -0.3 is 9.84 Å². The van der Waals surface area contributed by atoms with Crippen LogP contribution in [-0.4, -0.2) is 31.7 Å². The molecule has 0 saturated heterocycles. The fourth-order valence-electron chi connectivity index (χ4n) is 3.09. The lowest BCUT2D eigenvalue weighted by molar-refractivity contribution is 0.0279. The molecule has 26 heavy (non-hydrogen) atoms. The Balaban J connectivity index is 1.81. The van der Waals surface area contributed by atoms with E-state index < -0.39 is 33.7 Å². The van der Waals surface area contributed by atoms with Crippen molar-refractivity contribution in [1.29, 1.82) is 0 Å². The Kier molecular flexibility index (Phi) is 5.55. The first-order valence-electron chi connectivity index (χ1n) is 8.29. The van der Waals surface area contributed by atoms with Crippen molar-refractivity contribution in [3.8, 4) is 5.88 Å². The number of aromatic nitrogens is 1. The Bertz CT molecular complexity index is 852. The van der Waals surface area contributed by atoms with Crippen LogP contribution in [0.1, 0.15) is 30.0 Å². The highest BCUT2D eigenvalue weighted by Crippen LogP contribution is 2.38. The molecule has 0 spiro atoms. The zero-order valence-electron chi connectivity index (χ0n) is 14.3. The lowest BCUT2D eigenvalue weighted by Gasteiger charge is -2.38. The van der Waals surface area contributed by atoms with Crippen LogP contribution in [0.3, 0.4) is 0 Å². The average Bonchev–Trinajstić information content (AvgIpc) is 2.59. The number of pyridine rings is 1. The quantitative estimate of drug-likeness (QED) is 0.768. The predicted molar refractivity (Wildman–Crippen MR) is 94.4 cm³/mol. The van der Waals surface area contributed by atoms with Gasteiger partial charge in [-0.25, -0.2) is 22.5 Å². The molecule has 1 aliphatic carbocycles. The van der Waals surface area contributed by atoms with Gasteiger partial charge in [-0.2, -0.15) is 0 Å². The molecule has 1 aromatic carbocycles. The summed E-state index contributed by atoms with van der Waals surface area (Å²) in [7, 11) is -2.29. The number of nitrogens with one attached hydrogen (secondary N) is 1. The number of hydrogen-bond donors (Lipinski definition) is 2. The molecule has 0 aliphatic heterocycles. The smallest absolute Gasteiger partial charge is 0.216 e. The number of aliphatic hydroxyl groups excluding tert-OH is 1. The predicted octanol–water partition coefficient (Wildman–Crippen LogP) is 2.16.